The van der Waals surface area contributed by atoms with Gasteiger partial charge in [0, 0.05) is 11.3 Å². The van der Waals surface area contributed by atoms with E-state index in [1.165, 1.54) is 11.6 Å². The van der Waals surface area contributed by atoms with Crippen molar-refractivity contribution in [1.82, 2.24) is 0 Å². The first kappa shape index (κ1) is 17.1. The number of ether oxygens (including phenoxy) is 2. The van der Waals surface area contributed by atoms with Crippen LogP contribution in [-0.2, 0) is 14.9 Å². The molecule has 2 aliphatic rings. The van der Waals surface area contributed by atoms with Crippen LogP contribution in [0.5, 0.6) is 0 Å². The predicted molar refractivity (Wildman–Crippen MR) is 95.3 cm³/mol. The van der Waals surface area contributed by atoms with Crippen molar-refractivity contribution in [2.75, 3.05) is 18.5 Å². The van der Waals surface area contributed by atoms with Crippen molar-refractivity contribution in [2.45, 2.75) is 44.4 Å². The third kappa shape index (κ3) is 2.87. The molecule has 1 saturated heterocycles. The van der Waals surface area contributed by atoms with E-state index in [1.54, 1.807) is 6.07 Å². The molecule has 0 aliphatic carbocycles. The van der Waals surface area contributed by atoms with Crippen LogP contribution in [-0.4, -0.2) is 24.2 Å². The summed E-state index contributed by atoms with van der Waals surface area (Å²) in [5.41, 5.74) is 3.24. The van der Waals surface area contributed by atoms with Crippen LogP contribution in [0.2, 0.25) is 0 Å². The van der Waals surface area contributed by atoms with Crippen LogP contribution in [0, 0.1) is 10.1 Å². The Morgan fingerprint density at radius 3 is 2.62 bits per heavy atom. The molecule has 1 aromatic heterocycles. The fourth-order valence-electron chi connectivity index (χ4n) is 3.57. The van der Waals surface area contributed by atoms with Gasteiger partial charge in [0.1, 0.15) is 28.9 Å². The predicted octanol–water partition coefficient (Wildman–Crippen LogP) is 4.11. The van der Waals surface area contributed by atoms with Crippen LogP contribution in [0.3, 0.4) is 0 Å². The van der Waals surface area contributed by atoms with Crippen LogP contribution < -0.4 is 5.32 Å². The van der Waals surface area contributed by atoms with Gasteiger partial charge in [0.15, 0.2) is 0 Å². The molecule has 2 aromatic rings. The molecule has 3 heterocycles. The summed E-state index contributed by atoms with van der Waals surface area (Å²) in [6.45, 7) is 7.52. The Labute approximate surface area is 151 Å². The SMILES string of the molecule is CC(C)(C)c1ccc2c(c1)C1OCCOC1C(c1ccc([N+](=O)[O-])o1)N2. The van der Waals surface area contributed by atoms with E-state index in [0.717, 1.165) is 11.3 Å². The van der Waals surface area contributed by atoms with E-state index < -0.39 is 4.92 Å². The summed E-state index contributed by atoms with van der Waals surface area (Å²) in [7, 11) is 0. The second-order valence-electron chi connectivity index (χ2n) is 7.73. The smallest absolute Gasteiger partial charge is 0.404 e. The highest BCUT2D eigenvalue weighted by atomic mass is 16.6. The third-order valence-corrected chi connectivity index (χ3v) is 4.95. The number of hydrogen-bond acceptors (Lipinski definition) is 6. The molecule has 1 aromatic carbocycles. The summed E-state index contributed by atoms with van der Waals surface area (Å²) in [6, 6.07) is 8.94. The van der Waals surface area contributed by atoms with Gasteiger partial charge in [-0.05, 0) is 23.1 Å². The molecule has 1 N–H and O–H groups in total. The first-order valence-corrected chi connectivity index (χ1v) is 8.73. The lowest BCUT2D eigenvalue weighted by Gasteiger charge is -2.42. The average molecular weight is 358 g/mol. The van der Waals surface area contributed by atoms with Crippen molar-refractivity contribution >= 4 is 11.6 Å². The fourth-order valence-corrected chi connectivity index (χ4v) is 3.57. The van der Waals surface area contributed by atoms with Crippen molar-refractivity contribution in [2.24, 2.45) is 0 Å². The van der Waals surface area contributed by atoms with E-state index in [2.05, 4.69) is 38.2 Å². The fraction of sp³-hybridized carbons (Fsp3) is 0.474. The van der Waals surface area contributed by atoms with Crippen molar-refractivity contribution in [3.8, 4) is 0 Å². The number of nitrogens with zero attached hydrogens (tertiary/aromatic N) is 1. The second kappa shape index (κ2) is 6.10. The summed E-state index contributed by atoms with van der Waals surface area (Å²) in [5, 5.41) is 14.4. The highest BCUT2D eigenvalue weighted by Crippen LogP contribution is 2.45. The van der Waals surface area contributed by atoms with Gasteiger partial charge in [-0.3, -0.25) is 10.1 Å². The average Bonchev–Trinajstić information content (AvgIpc) is 3.10. The molecular weight excluding hydrogens is 336 g/mol. The Hall–Kier alpha value is -2.38. The summed E-state index contributed by atoms with van der Waals surface area (Å²) in [5.74, 6) is 0.201. The Morgan fingerprint density at radius 2 is 1.92 bits per heavy atom. The number of hydrogen-bond donors (Lipinski definition) is 1. The monoisotopic (exact) mass is 358 g/mol. The van der Waals surface area contributed by atoms with Gasteiger partial charge >= 0.3 is 5.88 Å². The number of benzene rings is 1. The lowest BCUT2D eigenvalue weighted by atomic mass is 9.82. The molecule has 7 heteroatoms. The maximum atomic E-state index is 10.9. The van der Waals surface area contributed by atoms with E-state index >= 15 is 0 Å². The third-order valence-electron chi connectivity index (χ3n) is 4.95. The van der Waals surface area contributed by atoms with Crippen LogP contribution in [0.1, 0.15) is 49.8 Å². The maximum Gasteiger partial charge on any atom is 0.433 e. The van der Waals surface area contributed by atoms with E-state index in [1.807, 2.05) is 6.07 Å². The zero-order valence-corrected chi connectivity index (χ0v) is 15.0. The first-order valence-electron chi connectivity index (χ1n) is 8.73. The molecule has 3 unspecified atom stereocenters. The minimum atomic E-state index is -0.536. The van der Waals surface area contributed by atoms with Gasteiger partial charge in [-0.25, -0.2) is 0 Å². The van der Waals surface area contributed by atoms with Crippen molar-refractivity contribution in [1.29, 1.82) is 0 Å². The maximum absolute atomic E-state index is 10.9. The minimum Gasteiger partial charge on any atom is -0.404 e. The van der Waals surface area contributed by atoms with Gasteiger partial charge in [-0.1, -0.05) is 32.9 Å². The Bertz CT molecular complexity index is 839. The molecule has 138 valence electrons. The van der Waals surface area contributed by atoms with Gasteiger partial charge in [0.05, 0.1) is 19.3 Å². The Morgan fingerprint density at radius 1 is 1.15 bits per heavy atom. The van der Waals surface area contributed by atoms with E-state index in [9.17, 15) is 10.1 Å². The molecule has 3 atom stereocenters. The number of anilines is 1. The zero-order chi connectivity index (χ0) is 18.5. The quantitative estimate of drug-likeness (QED) is 0.642. The molecule has 0 spiro atoms. The van der Waals surface area contributed by atoms with Crippen molar-refractivity contribution in [3.63, 3.8) is 0 Å². The van der Waals surface area contributed by atoms with E-state index in [-0.39, 0.29) is 29.5 Å². The Kier molecular flexibility index (Phi) is 4.00. The van der Waals surface area contributed by atoms with E-state index in [0.29, 0.717) is 19.0 Å². The summed E-state index contributed by atoms with van der Waals surface area (Å²) in [6.07, 6.45) is -0.548. The lowest BCUT2D eigenvalue weighted by molar-refractivity contribution is -0.402. The zero-order valence-electron chi connectivity index (χ0n) is 15.0. The molecule has 2 aliphatic heterocycles. The molecular formula is C19H22N2O5. The number of nitrogens with one attached hydrogen (secondary N) is 1. The second-order valence-corrected chi connectivity index (χ2v) is 7.73. The number of furan rings is 1. The molecule has 4 rings (SSSR count). The van der Waals surface area contributed by atoms with E-state index in [4.69, 9.17) is 13.9 Å². The van der Waals surface area contributed by atoms with Gasteiger partial charge in [0.25, 0.3) is 0 Å². The van der Waals surface area contributed by atoms with Gasteiger partial charge < -0.3 is 19.2 Å². The molecule has 0 radical (unpaired) electrons. The molecule has 0 bridgehead atoms. The van der Waals surface area contributed by atoms with Crippen molar-refractivity contribution in [3.05, 3.63) is 57.3 Å². The highest BCUT2D eigenvalue weighted by molar-refractivity contribution is 5.59. The standard InChI is InChI=1S/C19H22N2O5/c1-19(2,3)11-4-5-13-12(10-11)17-18(25-9-8-24-17)16(20-13)14-6-7-15(26-14)21(22)23/h4-7,10,16-18,20H,8-9H2,1-3H3. The van der Waals surface area contributed by atoms with Crippen LogP contribution in [0.15, 0.2) is 34.7 Å². The Balaban J connectivity index is 1.75. The molecule has 7 nitrogen and oxygen atoms in total. The van der Waals surface area contributed by atoms with Crippen LogP contribution in [0.4, 0.5) is 11.6 Å². The molecule has 0 saturated carbocycles. The lowest BCUT2D eigenvalue weighted by Crippen LogP contribution is -2.43. The first-order chi connectivity index (χ1) is 12.3. The van der Waals surface area contributed by atoms with Crippen molar-refractivity contribution < 1.29 is 18.8 Å². The highest BCUT2D eigenvalue weighted by Gasteiger charge is 2.43. The summed E-state index contributed by atoms with van der Waals surface area (Å²) >= 11 is 0. The number of rotatable bonds is 2. The van der Waals surface area contributed by atoms with Gasteiger partial charge in [0.2, 0.25) is 0 Å². The van der Waals surface area contributed by atoms with Gasteiger partial charge in [-0.2, -0.15) is 0 Å². The van der Waals surface area contributed by atoms with Crippen LogP contribution in [0.25, 0.3) is 0 Å². The molecule has 26 heavy (non-hydrogen) atoms. The number of nitro groups is 1. The largest absolute Gasteiger partial charge is 0.433 e. The molecule has 0 amide bonds. The summed E-state index contributed by atoms with van der Waals surface area (Å²) < 4.78 is 17.5. The summed E-state index contributed by atoms with van der Waals surface area (Å²) in [4.78, 5) is 10.4. The van der Waals surface area contributed by atoms with Crippen LogP contribution >= 0.6 is 0 Å². The van der Waals surface area contributed by atoms with Gasteiger partial charge in [-0.15, -0.1) is 0 Å². The molecule has 1 fully saturated rings. The topological polar surface area (TPSA) is 86.8 Å². The normalized spacial score (nSPS) is 25.1. The minimum absolute atomic E-state index is 0.0263. The number of fused-ring (bicyclic) bond motifs is 3.